The summed E-state index contributed by atoms with van der Waals surface area (Å²) < 4.78 is 5.38. The van der Waals surface area contributed by atoms with E-state index in [0.29, 0.717) is 6.54 Å². The largest absolute Gasteiger partial charge is 0.444 e. The van der Waals surface area contributed by atoms with Gasteiger partial charge in [0.2, 0.25) is 5.91 Å². The predicted octanol–water partition coefficient (Wildman–Crippen LogP) is 2.34. The molecule has 0 radical (unpaired) electrons. The number of hydrogen-bond acceptors (Lipinski definition) is 4. The molecule has 116 valence electrons. The molecule has 0 N–H and O–H groups in total. The molecule has 2 amide bonds. The lowest BCUT2D eigenvalue weighted by Gasteiger charge is -2.29. The molecule has 2 aliphatic heterocycles. The van der Waals surface area contributed by atoms with E-state index < -0.39 is 5.60 Å². The maximum Gasteiger partial charge on any atom is 0.410 e. The third-order valence-electron chi connectivity index (χ3n) is 3.23. The van der Waals surface area contributed by atoms with E-state index in [2.05, 4.69) is 0 Å². The number of thioether (sulfide) groups is 1. The normalized spacial score (nSPS) is 22.6. The molecular weight excluding hydrogens is 300 g/mol. The Balaban J connectivity index is 0.00000200. The van der Waals surface area contributed by atoms with Gasteiger partial charge < -0.3 is 9.64 Å². The van der Waals surface area contributed by atoms with E-state index in [4.69, 9.17) is 4.74 Å². The van der Waals surface area contributed by atoms with Gasteiger partial charge in [-0.3, -0.25) is 9.69 Å². The van der Waals surface area contributed by atoms with Crippen molar-refractivity contribution in [2.24, 2.45) is 0 Å². The van der Waals surface area contributed by atoms with Crippen LogP contribution in [0.5, 0.6) is 0 Å². The van der Waals surface area contributed by atoms with Gasteiger partial charge in [0, 0.05) is 18.8 Å². The van der Waals surface area contributed by atoms with Crippen molar-refractivity contribution in [2.75, 3.05) is 24.7 Å². The molecule has 2 rings (SSSR count). The first-order chi connectivity index (χ1) is 8.88. The fraction of sp³-hybridized carbons (Fsp3) is 0.846. The van der Waals surface area contributed by atoms with Crippen molar-refractivity contribution < 1.29 is 14.3 Å². The molecule has 0 bridgehead atoms. The zero-order valence-corrected chi connectivity index (χ0v) is 13.9. The predicted molar refractivity (Wildman–Crippen MR) is 82.2 cm³/mol. The summed E-state index contributed by atoms with van der Waals surface area (Å²) in [6.07, 6.45) is 1.26. The SMILES string of the molecule is CC(C)(C)OC(=O)N1CCCC1C(=O)N1CCSC1.Cl. The molecule has 20 heavy (non-hydrogen) atoms. The summed E-state index contributed by atoms with van der Waals surface area (Å²) in [7, 11) is 0. The number of amides is 2. The molecule has 2 heterocycles. The summed E-state index contributed by atoms with van der Waals surface area (Å²) in [5, 5.41) is 0. The van der Waals surface area contributed by atoms with Gasteiger partial charge in [0.1, 0.15) is 11.6 Å². The topological polar surface area (TPSA) is 49.9 Å². The first kappa shape index (κ1) is 17.4. The van der Waals surface area contributed by atoms with E-state index in [1.165, 1.54) is 0 Å². The smallest absolute Gasteiger partial charge is 0.410 e. The van der Waals surface area contributed by atoms with Crippen molar-refractivity contribution in [3.63, 3.8) is 0 Å². The van der Waals surface area contributed by atoms with E-state index in [0.717, 1.165) is 31.0 Å². The second kappa shape index (κ2) is 6.89. The summed E-state index contributed by atoms with van der Waals surface area (Å²) in [5.74, 6) is 1.82. The molecule has 1 unspecified atom stereocenters. The van der Waals surface area contributed by atoms with Crippen LogP contribution in [0.2, 0.25) is 0 Å². The maximum absolute atomic E-state index is 12.4. The van der Waals surface area contributed by atoms with Crippen molar-refractivity contribution in [1.82, 2.24) is 9.80 Å². The van der Waals surface area contributed by atoms with E-state index in [1.807, 2.05) is 25.7 Å². The van der Waals surface area contributed by atoms with E-state index >= 15 is 0 Å². The van der Waals surface area contributed by atoms with Crippen molar-refractivity contribution >= 4 is 36.2 Å². The Hall–Kier alpha value is -0.620. The van der Waals surface area contributed by atoms with Crippen LogP contribution in [0.4, 0.5) is 4.79 Å². The van der Waals surface area contributed by atoms with Crippen LogP contribution in [0.25, 0.3) is 0 Å². The molecule has 0 aliphatic carbocycles. The zero-order chi connectivity index (χ0) is 14.0. The van der Waals surface area contributed by atoms with Crippen molar-refractivity contribution in [3.05, 3.63) is 0 Å². The lowest BCUT2D eigenvalue weighted by Crippen LogP contribution is -2.48. The van der Waals surface area contributed by atoms with E-state index in [-0.39, 0.29) is 30.4 Å². The number of carbonyl (C=O) groups is 2. The highest BCUT2D eigenvalue weighted by molar-refractivity contribution is 7.99. The molecule has 0 aromatic rings. The molecule has 0 aromatic carbocycles. The zero-order valence-electron chi connectivity index (χ0n) is 12.3. The van der Waals surface area contributed by atoms with Gasteiger partial charge >= 0.3 is 6.09 Å². The van der Waals surface area contributed by atoms with Gasteiger partial charge in [-0.25, -0.2) is 4.79 Å². The highest BCUT2D eigenvalue weighted by Gasteiger charge is 2.39. The van der Waals surface area contributed by atoms with Crippen molar-refractivity contribution in [3.8, 4) is 0 Å². The molecule has 1 atom stereocenters. The third kappa shape index (κ3) is 4.19. The summed E-state index contributed by atoms with van der Waals surface area (Å²) in [5.41, 5.74) is -0.517. The lowest BCUT2D eigenvalue weighted by molar-refractivity contribution is -0.134. The molecule has 0 saturated carbocycles. The minimum Gasteiger partial charge on any atom is -0.444 e. The minimum absolute atomic E-state index is 0. The number of hydrogen-bond donors (Lipinski definition) is 0. The number of likely N-dealkylation sites (tertiary alicyclic amines) is 1. The van der Waals surface area contributed by atoms with E-state index in [1.54, 1.807) is 16.7 Å². The highest BCUT2D eigenvalue weighted by Crippen LogP contribution is 2.24. The van der Waals surface area contributed by atoms with Crippen LogP contribution < -0.4 is 0 Å². The van der Waals surface area contributed by atoms with Crippen LogP contribution in [-0.2, 0) is 9.53 Å². The standard InChI is InChI=1S/C13H22N2O3S.ClH/c1-13(2,3)18-12(17)15-6-4-5-10(15)11(16)14-7-8-19-9-14;/h10H,4-9H2,1-3H3;1H. The van der Waals surface area contributed by atoms with Crippen LogP contribution in [0.15, 0.2) is 0 Å². The first-order valence-corrected chi connectivity index (χ1v) is 7.90. The summed E-state index contributed by atoms with van der Waals surface area (Å²) in [4.78, 5) is 27.9. The Morgan fingerprint density at radius 2 is 1.95 bits per heavy atom. The molecule has 0 spiro atoms. The fourth-order valence-electron chi connectivity index (χ4n) is 2.36. The summed E-state index contributed by atoms with van der Waals surface area (Å²) in [6.45, 7) is 6.94. The Morgan fingerprint density at radius 1 is 1.25 bits per heavy atom. The van der Waals surface area contributed by atoms with Gasteiger partial charge in [0.25, 0.3) is 0 Å². The third-order valence-corrected chi connectivity index (χ3v) is 4.20. The number of carbonyl (C=O) groups excluding carboxylic acids is 2. The Morgan fingerprint density at radius 3 is 2.50 bits per heavy atom. The van der Waals surface area contributed by atoms with Gasteiger partial charge in [-0.2, -0.15) is 0 Å². The average molecular weight is 323 g/mol. The molecule has 2 aliphatic rings. The molecule has 0 aromatic heterocycles. The summed E-state index contributed by atoms with van der Waals surface area (Å²) in [6, 6.07) is -0.325. The van der Waals surface area contributed by atoms with Crippen molar-refractivity contribution in [2.45, 2.75) is 45.3 Å². The van der Waals surface area contributed by atoms with Crippen LogP contribution in [-0.4, -0.2) is 58.2 Å². The lowest BCUT2D eigenvalue weighted by atomic mass is 10.2. The molecule has 7 heteroatoms. The van der Waals surface area contributed by atoms with Crippen LogP contribution in [0.1, 0.15) is 33.6 Å². The Labute approximate surface area is 130 Å². The van der Waals surface area contributed by atoms with Crippen LogP contribution in [0.3, 0.4) is 0 Å². The quantitative estimate of drug-likeness (QED) is 0.743. The molecule has 2 saturated heterocycles. The Kier molecular flexibility index (Phi) is 6.01. The first-order valence-electron chi connectivity index (χ1n) is 6.74. The van der Waals surface area contributed by atoms with Gasteiger partial charge in [-0.15, -0.1) is 24.2 Å². The van der Waals surface area contributed by atoms with Crippen LogP contribution in [0, 0.1) is 0 Å². The fourth-order valence-corrected chi connectivity index (χ4v) is 3.32. The molecule has 2 fully saturated rings. The molecule has 5 nitrogen and oxygen atoms in total. The number of rotatable bonds is 1. The second-order valence-electron chi connectivity index (χ2n) is 5.97. The number of halogens is 1. The average Bonchev–Trinajstić information content (AvgIpc) is 2.97. The highest BCUT2D eigenvalue weighted by atomic mass is 35.5. The maximum atomic E-state index is 12.4. The van der Waals surface area contributed by atoms with E-state index in [9.17, 15) is 9.59 Å². The monoisotopic (exact) mass is 322 g/mol. The number of nitrogens with zero attached hydrogens (tertiary/aromatic N) is 2. The summed E-state index contributed by atoms with van der Waals surface area (Å²) >= 11 is 1.76. The van der Waals surface area contributed by atoms with Gasteiger partial charge in [-0.1, -0.05) is 0 Å². The minimum atomic E-state index is -0.517. The van der Waals surface area contributed by atoms with Gasteiger partial charge in [0.05, 0.1) is 5.88 Å². The molecular formula is C13H23ClN2O3S. The van der Waals surface area contributed by atoms with Crippen LogP contribution >= 0.6 is 24.2 Å². The van der Waals surface area contributed by atoms with Gasteiger partial charge in [0.15, 0.2) is 0 Å². The Bertz CT molecular complexity index is 367. The van der Waals surface area contributed by atoms with Crippen molar-refractivity contribution in [1.29, 1.82) is 0 Å². The number of ether oxygens (including phenoxy) is 1. The van der Waals surface area contributed by atoms with Gasteiger partial charge in [-0.05, 0) is 33.6 Å². The second-order valence-corrected chi connectivity index (χ2v) is 7.05.